The molecule has 0 unspecified atom stereocenters. The summed E-state index contributed by atoms with van der Waals surface area (Å²) in [5.41, 5.74) is 12.7. The lowest BCUT2D eigenvalue weighted by molar-refractivity contribution is 0.0735. The molecule has 1 aliphatic rings. The number of unbranched alkanes of at least 4 members (excludes halogenated alkanes) is 46. The maximum atomic E-state index is 15.9. The normalized spacial score (nSPS) is 12.0. The van der Waals surface area contributed by atoms with Gasteiger partial charge >= 0.3 is 0 Å². The number of ether oxygens (including phenoxy) is 2. The van der Waals surface area contributed by atoms with E-state index in [1.807, 2.05) is 45.3 Å². The number of amides is 2. The SMILES string of the molecule is CC#CC#CC#CC#CC#CN1C(=O)c2c(c(-c3ccc(-c4cc5c(CCCCCCCCCCCC)c6sc(-c7c(OCCCCCCCC)c(OCCCCCCCC)c(C)c8nsnc78)cc6c(CCCCCCCCCCCC)c5s4)s3)c3nsnc3c2-c2ccc(-c3cc4c(CCCCCCCCCCCC)c5sc(C)cc5c(CCCCCCCCCCCC)c4s3)s2)C1=O. The van der Waals surface area contributed by atoms with Gasteiger partial charge in [0.2, 0.25) is 0 Å². The molecule has 0 spiro atoms. The van der Waals surface area contributed by atoms with E-state index in [9.17, 15) is 0 Å². The third-order valence-corrected chi connectivity index (χ3v) is 36.0. The predicted octanol–water partition coefficient (Wildman–Crippen LogP) is 38.6. The quantitative estimate of drug-likeness (QED) is 0.0211. The largest absolute Gasteiger partial charge is 0.489 e. The Balaban J connectivity index is 0.909. The zero-order chi connectivity index (χ0) is 94.8. The molecule has 4 aromatic carbocycles. The third kappa shape index (κ3) is 28.6. The lowest BCUT2D eigenvalue weighted by Gasteiger charge is -2.19. The van der Waals surface area contributed by atoms with Gasteiger partial charge in [-0.15, -0.1) is 68.0 Å². The van der Waals surface area contributed by atoms with Crippen molar-refractivity contribution < 1.29 is 19.1 Å². The maximum absolute atomic E-state index is 15.9. The second-order valence-electron chi connectivity index (χ2n) is 38.3. The number of hydrogen-bond acceptors (Lipinski definition) is 16. The molecule has 13 rings (SSSR count). The van der Waals surface area contributed by atoms with Crippen LogP contribution in [0.3, 0.4) is 0 Å². The first-order valence-corrected chi connectivity index (χ1v) is 59.8. The van der Waals surface area contributed by atoms with Gasteiger partial charge in [-0.3, -0.25) is 9.59 Å². The Morgan fingerprint density at radius 1 is 0.279 bits per heavy atom. The van der Waals surface area contributed by atoms with Crippen LogP contribution in [0.4, 0.5) is 0 Å². The van der Waals surface area contributed by atoms with E-state index >= 15 is 9.59 Å². The van der Waals surface area contributed by atoms with Crippen LogP contribution in [0.5, 0.6) is 11.5 Å². The standard InChI is InChI=1S/C119H151N5O4S8/c1-10-17-24-31-38-43-47-52-57-64-71-88-92-82-86(8)129-114(92)89(72-65-58-53-48-44-39-32-25-18-11-2)93-83-100(132-115(88)93)96-75-77-98(130-96)103-106-107(119(126)124(118(106)125)79-68-61-56-51-42-35-28-21-14-5)104(110-109(103)121-136-122-110)99-78-76-97(131-99)101-84-94-90(73-66-59-54-49-45-40-33-26-19-12-3)117-95(91(116(94)133-101)74-67-60-55-50-46-41-34-27-20-13-4)85-102(134-117)105-111-108(120-135-123-111)87(9)112(127-80-69-62-36-29-22-15-6)113(105)128-81-70-63-37-30-23-16-7/h75-78,82-85H,10-13,15-20,22-27,29-34,36-41,43-50,52-55,57-60,62-67,69-74,80-81H2,1-9H3. The van der Waals surface area contributed by atoms with Crippen molar-refractivity contribution in [3.8, 4) is 122 Å². The van der Waals surface area contributed by atoms with Gasteiger partial charge in [-0.1, -0.05) is 343 Å². The van der Waals surface area contributed by atoms with Crippen molar-refractivity contribution in [3.05, 3.63) is 92.4 Å². The second kappa shape index (κ2) is 57.9. The Kier molecular flexibility index (Phi) is 45.0. The van der Waals surface area contributed by atoms with Gasteiger partial charge in [-0.25, -0.2) is 0 Å². The summed E-state index contributed by atoms with van der Waals surface area (Å²) in [6.45, 7) is 21.2. The number of rotatable bonds is 65. The number of carbonyl (C=O) groups is 2. The van der Waals surface area contributed by atoms with Crippen molar-refractivity contribution in [1.29, 1.82) is 0 Å². The Labute approximate surface area is 849 Å². The summed E-state index contributed by atoms with van der Waals surface area (Å²) >= 11 is 13.6. The van der Waals surface area contributed by atoms with Gasteiger partial charge in [0, 0.05) is 104 Å². The molecule has 0 bridgehead atoms. The van der Waals surface area contributed by atoms with E-state index in [1.54, 1.807) is 29.6 Å². The van der Waals surface area contributed by atoms with E-state index in [4.69, 9.17) is 27.0 Å². The highest BCUT2D eigenvalue weighted by molar-refractivity contribution is 7.28. The fourth-order valence-electron chi connectivity index (χ4n) is 20.1. The molecule has 136 heavy (non-hydrogen) atoms. The van der Waals surface area contributed by atoms with Crippen molar-refractivity contribution in [2.45, 2.75) is 422 Å². The Bertz CT molecular complexity index is 6030. The van der Waals surface area contributed by atoms with Gasteiger partial charge in [0.15, 0.2) is 11.5 Å². The second-order valence-corrected chi connectivity index (χ2v) is 45.9. The molecule has 1 aliphatic heterocycles. The van der Waals surface area contributed by atoms with E-state index in [1.165, 1.54) is 389 Å². The van der Waals surface area contributed by atoms with Gasteiger partial charge in [0.05, 0.1) is 53.4 Å². The molecule has 9 nitrogen and oxygen atoms in total. The predicted molar refractivity (Wildman–Crippen MR) is 597 cm³/mol. The van der Waals surface area contributed by atoms with Gasteiger partial charge in [0.1, 0.15) is 22.1 Å². The van der Waals surface area contributed by atoms with Crippen LogP contribution in [-0.2, 0) is 25.7 Å². The molecule has 724 valence electrons. The molecule has 0 radical (unpaired) electrons. The molecule has 12 aromatic rings. The number of thiophene rings is 6. The van der Waals surface area contributed by atoms with Crippen LogP contribution in [-0.4, -0.2) is 47.4 Å². The molecule has 0 atom stereocenters. The van der Waals surface area contributed by atoms with Crippen LogP contribution >= 0.6 is 91.5 Å². The van der Waals surface area contributed by atoms with Crippen LogP contribution < -0.4 is 9.47 Å². The summed E-state index contributed by atoms with van der Waals surface area (Å²) < 4.78 is 40.6. The smallest absolute Gasteiger partial charge is 0.274 e. The summed E-state index contributed by atoms with van der Waals surface area (Å²) in [5, 5.41) is 5.55. The van der Waals surface area contributed by atoms with Crippen molar-refractivity contribution in [3.63, 3.8) is 0 Å². The number of imide groups is 1. The zero-order valence-corrected chi connectivity index (χ0v) is 90.3. The summed E-state index contributed by atoms with van der Waals surface area (Å²) in [5.74, 6) is 25.3. The number of hydrogen-bond donors (Lipinski definition) is 0. The van der Waals surface area contributed by atoms with Gasteiger partial charge < -0.3 is 9.47 Å². The summed E-state index contributed by atoms with van der Waals surface area (Å²) in [4.78, 5) is 41.7. The Morgan fingerprint density at radius 3 is 0.934 bits per heavy atom. The highest BCUT2D eigenvalue weighted by atomic mass is 32.1. The highest BCUT2D eigenvalue weighted by Crippen LogP contribution is 2.56. The average molecular weight is 1970 g/mol. The lowest BCUT2D eigenvalue weighted by atomic mass is 9.93. The van der Waals surface area contributed by atoms with Crippen molar-refractivity contribution in [2.24, 2.45) is 0 Å². The summed E-state index contributed by atoms with van der Waals surface area (Å²) in [6.07, 6.45) is 69.8. The molecule has 17 heteroatoms. The minimum atomic E-state index is -0.507. The monoisotopic (exact) mass is 1970 g/mol. The van der Waals surface area contributed by atoms with Crippen molar-refractivity contribution in [1.82, 2.24) is 22.4 Å². The number of aromatic nitrogens is 4. The topological polar surface area (TPSA) is 107 Å². The molecular formula is C119H151N5O4S8. The van der Waals surface area contributed by atoms with Crippen LogP contribution in [0.2, 0.25) is 0 Å². The number of fused-ring (bicyclic) bond motifs is 7. The number of benzene rings is 4. The summed E-state index contributed by atoms with van der Waals surface area (Å²) in [7, 11) is 0. The molecule has 0 fully saturated rings. The fourth-order valence-corrected chi connectivity index (χ4v) is 28.5. The molecule has 9 heterocycles. The molecule has 0 N–H and O–H groups in total. The molecule has 0 saturated carbocycles. The minimum absolute atomic E-state index is 0.292. The van der Waals surface area contributed by atoms with Gasteiger partial charge in [0.25, 0.3) is 11.8 Å². The fraction of sp³-hybridized carbons (Fsp3) is 0.563. The lowest BCUT2D eigenvalue weighted by Crippen LogP contribution is -2.24. The average Bonchev–Trinajstić information content (AvgIpc) is 1.57. The van der Waals surface area contributed by atoms with Crippen molar-refractivity contribution in [2.75, 3.05) is 13.2 Å². The Morgan fingerprint density at radius 2 is 0.566 bits per heavy atom. The molecule has 0 aliphatic carbocycles. The zero-order valence-electron chi connectivity index (χ0n) is 83.8. The first-order valence-electron chi connectivity index (χ1n) is 53.4. The Hall–Kier alpha value is -7.70. The number of aryl methyl sites for hydroxylation is 6. The van der Waals surface area contributed by atoms with Crippen molar-refractivity contribution >= 4 is 166 Å². The number of carbonyl (C=O) groups excluding carboxylic acids is 2. The third-order valence-electron chi connectivity index (χ3n) is 27.6. The van der Waals surface area contributed by atoms with Crippen LogP contribution in [0.1, 0.15) is 436 Å². The molecular weight excluding hydrogens is 1820 g/mol. The van der Waals surface area contributed by atoms with E-state index < -0.39 is 11.8 Å². The van der Waals surface area contributed by atoms with Crippen LogP contribution in [0.15, 0.2) is 48.5 Å². The van der Waals surface area contributed by atoms with E-state index in [0.29, 0.717) is 46.5 Å². The molecule has 8 aromatic heterocycles. The van der Waals surface area contributed by atoms with E-state index in [-0.39, 0.29) is 0 Å². The molecule has 2 amide bonds. The van der Waals surface area contributed by atoms with E-state index in [2.05, 4.69) is 163 Å². The van der Waals surface area contributed by atoms with E-state index in [0.717, 1.165) is 134 Å². The van der Waals surface area contributed by atoms with Crippen LogP contribution in [0, 0.1) is 73.2 Å². The highest BCUT2D eigenvalue weighted by Gasteiger charge is 2.44. The summed E-state index contributed by atoms with van der Waals surface area (Å²) in [6, 6.07) is 21.8. The first-order chi connectivity index (χ1) is 67.0. The maximum Gasteiger partial charge on any atom is 0.274 e. The first kappa shape index (κ1) is 106. The molecule has 0 saturated heterocycles. The number of nitrogens with zero attached hydrogens (tertiary/aromatic N) is 5. The van der Waals surface area contributed by atoms with Gasteiger partial charge in [-0.2, -0.15) is 22.4 Å². The van der Waals surface area contributed by atoms with Gasteiger partial charge in [-0.05, 0) is 201 Å². The van der Waals surface area contributed by atoms with Crippen LogP contribution in [0.25, 0.3) is 113 Å². The minimum Gasteiger partial charge on any atom is -0.489 e.